The second-order valence-electron chi connectivity index (χ2n) is 4.02. The van der Waals surface area contributed by atoms with Crippen LogP contribution in [0.15, 0.2) is 36.7 Å². The third kappa shape index (κ3) is 1.78. The van der Waals surface area contributed by atoms with Crippen molar-refractivity contribution in [1.82, 2.24) is 14.6 Å². The highest BCUT2D eigenvalue weighted by atomic mass is 16.5. The van der Waals surface area contributed by atoms with E-state index in [1.165, 1.54) is 0 Å². The largest absolute Gasteiger partial charge is 0.476 e. The van der Waals surface area contributed by atoms with Gasteiger partial charge in [0.2, 0.25) is 5.88 Å². The van der Waals surface area contributed by atoms with Gasteiger partial charge in [0.25, 0.3) is 0 Å². The van der Waals surface area contributed by atoms with E-state index in [1.54, 1.807) is 10.7 Å². The van der Waals surface area contributed by atoms with Crippen molar-refractivity contribution in [1.29, 1.82) is 0 Å². The Morgan fingerprint density at radius 2 is 2.19 bits per heavy atom. The highest BCUT2D eigenvalue weighted by Crippen LogP contribution is 2.18. The number of hydrogen-bond acceptors (Lipinski definition) is 3. The molecule has 0 saturated heterocycles. The first kappa shape index (κ1) is 9.39. The Bertz CT molecular complexity index is 510. The quantitative estimate of drug-likeness (QED) is 0.736. The molecule has 0 spiro atoms. The molecule has 16 heavy (non-hydrogen) atoms. The zero-order valence-corrected chi connectivity index (χ0v) is 8.91. The van der Waals surface area contributed by atoms with Gasteiger partial charge in [0.05, 0.1) is 6.61 Å². The highest BCUT2D eigenvalue weighted by Gasteiger charge is 2.11. The first-order valence-electron chi connectivity index (χ1n) is 5.50. The summed E-state index contributed by atoms with van der Waals surface area (Å²) < 4.78 is 7.39. The molecule has 3 rings (SSSR count). The van der Waals surface area contributed by atoms with Crippen molar-refractivity contribution in [2.45, 2.75) is 12.8 Å². The minimum atomic E-state index is 0.611. The normalized spacial score (nSPS) is 16.0. The van der Waals surface area contributed by atoms with E-state index in [1.807, 2.05) is 18.3 Å². The Hall–Kier alpha value is -1.84. The molecule has 1 aliphatic rings. The maximum atomic E-state index is 5.67. The van der Waals surface area contributed by atoms with Crippen LogP contribution in [0.1, 0.15) is 12.8 Å². The summed E-state index contributed by atoms with van der Waals surface area (Å²) in [6.07, 6.45) is 10.2. The smallest absolute Gasteiger partial charge is 0.231 e. The average Bonchev–Trinajstić information content (AvgIpc) is 2.97. The average molecular weight is 215 g/mol. The fourth-order valence-electron chi connectivity index (χ4n) is 1.89. The van der Waals surface area contributed by atoms with E-state index in [-0.39, 0.29) is 0 Å². The zero-order chi connectivity index (χ0) is 10.8. The third-order valence-corrected chi connectivity index (χ3v) is 2.80. The monoisotopic (exact) mass is 215 g/mol. The van der Waals surface area contributed by atoms with E-state index < -0.39 is 0 Å². The standard InChI is InChI=1S/C12H13N3O/c1-2-4-10(3-1)9-16-12-6-5-11-13-7-8-15(11)14-12/h1-2,5-8,10H,3-4,9H2. The SMILES string of the molecule is C1=CCC(COc2ccc3nccn3n2)C1. The van der Waals surface area contributed by atoms with Gasteiger partial charge < -0.3 is 4.74 Å². The third-order valence-electron chi connectivity index (χ3n) is 2.80. The predicted molar refractivity (Wildman–Crippen MR) is 60.3 cm³/mol. The number of rotatable bonds is 3. The number of nitrogens with zero attached hydrogens (tertiary/aromatic N) is 3. The van der Waals surface area contributed by atoms with E-state index in [4.69, 9.17) is 4.74 Å². The molecule has 0 unspecified atom stereocenters. The molecule has 2 aromatic rings. The molecule has 4 heteroatoms. The van der Waals surface area contributed by atoms with Crippen LogP contribution in [0.5, 0.6) is 5.88 Å². The molecule has 0 aromatic carbocycles. The summed E-state index contributed by atoms with van der Waals surface area (Å²) in [7, 11) is 0. The van der Waals surface area contributed by atoms with Gasteiger partial charge in [-0.3, -0.25) is 0 Å². The van der Waals surface area contributed by atoms with Gasteiger partial charge in [-0.2, -0.15) is 0 Å². The maximum Gasteiger partial charge on any atom is 0.231 e. The Kier molecular flexibility index (Phi) is 2.33. The molecule has 0 aliphatic heterocycles. The van der Waals surface area contributed by atoms with Crippen LogP contribution in [0.2, 0.25) is 0 Å². The van der Waals surface area contributed by atoms with Crippen LogP contribution in [-0.4, -0.2) is 21.2 Å². The molecule has 82 valence electrons. The van der Waals surface area contributed by atoms with Gasteiger partial charge in [-0.05, 0) is 24.8 Å². The Labute approximate surface area is 93.6 Å². The lowest BCUT2D eigenvalue weighted by atomic mass is 10.1. The van der Waals surface area contributed by atoms with Crippen LogP contribution in [0.3, 0.4) is 0 Å². The van der Waals surface area contributed by atoms with Gasteiger partial charge in [0, 0.05) is 18.5 Å². The molecule has 0 fully saturated rings. The van der Waals surface area contributed by atoms with E-state index in [0.29, 0.717) is 11.8 Å². The fraction of sp³-hybridized carbons (Fsp3) is 0.333. The number of imidazole rings is 1. The molecule has 0 saturated carbocycles. The van der Waals surface area contributed by atoms with E-state index >= 15 is 0 Å². The second-order valence-corrected chi connectivity index (χ2v) is 4.02. The maximum absolute atomic E-state index is 5.67. The molecule has 4 nitrogen and oxygen atoms in total. The number of aromatic nitrogens is 3. The first-order valence-corrected chi connectivity index (χ1v) is 5.50. The summed E-state index contributed by atoms with van der Waals surface area (Å²) in [6.45, 7) is 0.736. The summed E-state index contributed by atoms with van der Waals surface area (Å²) >= 11 is 0. The number of hydrogen-bond donors (Lipinski definition) is 0. The lowest BCUT2D eigenvalue weighted by Crippen LogP contribution is -2.10. The van der Waals surface area contributed by atoms with E-state index in [0.717, 1.165) is 25.1 Å². The topological polar surface area (TPSA) is 39.4 Å². The molecule has 0 bridgehead atoms. The van der Waals surface area contributed by atoms with Gasteiger partial charge in [-0.25, -0.2) is 9.50 Å². The lowest BCUT2D eigenvalue weighted by Gasteiger charge is -2.10. The lowest BCUT2D eigenvalue weighted by molar-refractivity contribution is 0.244. The van der Waals surface area contributed by atoms with Gasteiger partial charge >= 0.3 is 0 Å². The van der Waals surface area contributed by atoms with E-state index in [2.05, 4.69) is 22.2 Å². The Morgan fingerprint density at radius 3 is 3.06 bits per heavy atom. The fourth-order valence-corrected chi connectivity index (χ4v) is 1.89. The summed E-state index contributed by atoms with van der Waals surface area (Å²) in [5.74, 6) is 1.28. The Morgan fingerprint density at radius 1 is 1.31 bits per heavy atom. The molecular weight excluding hydrogens is 202 g/mol. The van der Waals surface area contributed by atoms with Crippen LogP contribution >= 0.6 is 0 Å². The first-order chi connectivity index (χ1) is 7.92. The van der Waals surface area contributed by atoms with E-state index in [9.17, 15) is 0 Å². The minimum absolute atomic E-state index is 0.611. The second kappa shape index (κ2) is 3.96. The number of fused-ring (bicyclic) bond motifs is 1. The summed E-state index contributed by atoms with van der Waals surface area (Å²) in [4.78, 5) is 4.13. The van der Waals surface area contributed by atoms with Crippen molar-refractivity contribution in [3.8, 4) is 5.88 Å². The molecule has 2 heterocycles. The molecule has 0 radical (unpaired) electrons. The van der Waals surface area contributed by atoms with Crippen LogP contribution < -0.4 is 4.74 Å². The van der Waals surface area contributed by atoms with Crippen molar-refractivity contribution in [3.63, 3.8) is 0 Å². The van der Waals surface area contributed by atoms with Crippen LogP contribution in [0.4, 0.5) is 0 Å². The van der Waals surface area contributed by atoms with Crippen molar-refractivity contribution in [2.24, 2.45) is 5.92 Å². The predicted octanol–water partition coefficient (Wildman–Crippen LogP) is 2.07. The zero-order valence-electron chi connectivity index (χ0n) is 8.91. The van der Waals surface area contributed by atoms with Gasteiger partial charge in [0.15, 0.2) is 5.65 Å². The Balaban J connectivity index is 1.69. The molecule has 0 atom stereocenters. The highest BCUT2D eigenvalue weighted by molar-refractivity contribution is 5.37. The molecular formula is C12H13N3O. The molecule has 2 aromatic heterocycles. The van der Waals surface area contributed by atoms with Gasteiger partial charge in [0.1, 0.15) is 0 Å². The van der Waals surface area contributed by atoms with Crippen molar-refractivity contribution >= 4 is 5.65 Å². The molecule has 1 aliphatic carbocycles. The molecule has 0 N–H and O–H groups in total. The van der Waals surface area contributed by atoms with Crippen LogP contribution in [0.25, 0.3) is 5.65 Å². The summed E-state index contributed by atoms with van der Waals surface area (Å²) in [6, 6.07) is 3.78. The van der Waals surface area contributed by atoms with Crippen molar-refractivity contribution in [3.05, 3.63) is 36.7 Å². The van der Waals surface area contributed by atoms with Crippen LogP contribution in [0, 0.1) is 5.92 Å². The summed E-state index contributed by atoms with van der Waals surface area (Å²) in [5.41, 5.74) is 0.842. The van der Waals surface area contributed by atoms with Crippen LogP contribution in [-0.2, 0) is 0 Å². The van der Waals surface area contributed by atoms with Gasteiger partial charge in [-0.1, -0.05) is 12.2 Å². The van der Waals surface area contributed by atoms with Crippen molar-refractivity contribution < 1.29 is 4.74 Å². The number of ether oxygens (including phenoxy) is 1. The minimum Gasteiger partial charge on any atom is -0.476 e. The van der Waals surface area contributed by atoms with Gasteiger partial charge in [-0.15, -0.1) is 5.10 Å². The molecule has 0 amide bonds. The summed E-state index contributed by atoms with van der Waals surface area (Å²) in [5, 5.41) is 4.31. The number of allylic oxidation sites excluding steroid dienone is 2. The van der Waals surface area contributed by atoms with Crippen molar-refractivity contribution in [2.75, 3.05) is 6.61 Å².